The second kappa shape index (κ2) is 5.96. The molecule has 0 heterocycles. The third-order valence-electron chi connectivity index (χ3n) is 2.35. The van der Waals surface area contributed by atoms with Crippen molar-refractivity contribution in [2.45, 2.75) is 0 Å². The van der Waals surface area contributed by atoms with E-state index in [9.17, 15) is 13.6 Å². The molecule has 0 aliphatic carbocycles. The number of anilines is 1. The minimum Gasteiger partial charge on any atom is -0.322 e. The van der Waals surface area contributed by atoms with Gasteiger partial charge in [0.25, 0.3) is 5.91 Å². The molecule has 2 aromatic carbocycles. The second-order valence-electron chi connectivity index (χ2n) is 3.71. The van der Waals surface area contributed by atoms with Crippen molar-refractivity contribution in [2.24, 2.45) is 0 Å². The third kappa shape index (κ3) is 3.50. The quantitative estimate of drug-likeness (QED) is 0.684. The monoisotopic (exact) mass is 437 g/mol. The molecule has 0 radical (unpaired) electrons. The maximum Gasteiger partial charge on any atom is 0.256 e. The Morgan fingerprint density at radius 2 is 1.89 bits per heavy atom. The average molecular weight is 438 g/mol. The molecule has 1 amide bonds. The predicted octanol–water partition coefficient (Wildman–Crippen LogP) is 4.58. The van der Waals surface area contributed by atoms with Crippen molar-refractivity contribution >= 4 is 50.1 Å². The summed E-state index contributed by atoms with van der Waals surface area (Å²) in [6.07, 6.45) is 0. The fraction of sp³-hybridized carbons (Fsp3) is 0. The number of hydrogen-bond acceptors (Lipinski definition) is 1. The number of rotatable bonds is 2. The molecule has 1 N–H and O–H groups in total. The zero-order valence-corrected chi connectivity index (χ0v) is 13.1. The maximum absolute atomic E-state index is 13.1. The van der Waals surface area contributed by atoms with Gasteiger partial charge in [-0.25, -0.2) is 8.78 Å². The van der Waals surface area contributed by atoms with Crippen LogP contribution >= 0.6 is 38.5 Å². The molecular formula is C13H7BrF2INO. The van der Waals surface area contributed by atoms with Gasteiger partial charge in [0.05, 0.1) is 10.0 Å². The van der Waals surface area contributed by atoms with Crippen LogP contribution in [0.5, 0.6) is 0 Å². The third-order valence-corrected chi connectivity index (χ3v) is 3.85. The first-order valence-corrected chi connectivity index (χ1v) is 7.06. The fourth-order valence-electron chi connectivity index (χ4n) is 1.45. The molecule has 0 aliphatic heterocycles. The van der Waals surface area contributed by atoms with Crippen LogP contribution in [0.25, 0.3) is 0 Å². The van der Waals surface area contributed by atoms with E-state index in [1.54, 1.807) is 0 Å². The molecule has 19 heavy (non-hydrogen) atoms. The topological polar surface area (TPSA) is 29.1 Å². The number of nitrogens with one attached hydrogen (secondary N) is 1. The number of carbonyl (C=O) groups excluding carboxylic acids is 1. The van der Waals surface area contributed by atoms with E-state index < -0.39 is 11.6 Å². The first-order chi connectivity index (χ1) is 8.97. The van der Waals surface area contributed by atoms with Crippen LogP contribution in [0.15, 0.2) is 40.9 Å². The summed E-state index contributed by atoms with van der Waals surface area (Å²) in [6, 6.07) is 8.06. The lowest BCUT2D eigenvalue weighted by molar-refractivity contribution is 0.102. The van der Waals surface area contributed by atoms with Gasteiger partial charge < -0.3 is 5.32 Å². The van der Waals surface area contributed by atoms with Crippen molar-refractivity contribution < 1.29 is 13.6 Å². The molecule has 0 unspecified atom stereocenters. The zero-order chi connectivity index (χ0) is 14.0. The second-order valence-corrected chi connectivity index (χ2v) is 5.72. The highest BCUT2D eigenvalue weighted by molar-refractivity contribution is 14.1. The molecule has 98 valence electrons. The zero-order valence-electron chi connectivity index (χ0n) is 9.38. The Kier molecular flexibility index (Phi) is 4.51. The molecule has 2 nitrogen and oxygen atoms in total. The molecule has 0 fully saturated rings. The first-order valence-electron chi connectivity index (χ1n) is 5.19. The van der Waals surface area contributed by atoms with E-state index in [1.165, 1.54) is 36.4 Å². The smallest absolute Gasteiger partial charge is 0.256 e. The van der Waals surface area contributed by atoms with Crippen LogP contribution in [0.4, 0.5) is 14.5 Å². The number of halogens is 4. The van der Waals surface area contributed by atoms with Gasteiger partial charge in [-0.1, -0.05) is 0 Å². The summed E-state index contributed by atoms with van der Waals surface area (Å²) < 4.78 is 26.8. The molecular weight excluding hydrogens is 431 g/mol. The average Bonchev–Trinajstić information content (AvgIpc) is 2.33. The molecule has 0 spiro atoms. The van der Waals surface area contributed by atoms with Crippen LogP contribution < -0.4 is 5.32 Å². The lowest BCUT2D eigenvalue weighted by Gasteiger charge is -2.07. The predicted molar refractivity (Wildman–Crippen MR) is 81.2 cm³/mol. The fourth-order valence-corrected chi connectivity index (χ4v) is 2.55. The molecule has 0 aromatic heterocycles. The molecule has 0 saturated heterocycles. The highest BCUT2D eigenvalue weighted by Gasteiger charge is 2.11. The lowest BCUT2D eigenvalue weighted by Crippen LogP contribution is -2.13. The Morgan fingerprint density at radius 1 is 1.16 bits per heavy atom. The lowest BCUT2D eigenvalue weighted by atomic mass is 10.2. The Balaban J connectivity index is 2.23. The van der Waals surface area contributed by atoms with E-state index in [4.69, 9.17) is 0 Å². The molecule has 0 saturated carbocycles. The summed E-state index contributed by atoms with van der Waals surface area (Å²) in [5.74, 6) is -1.18. The van der Waals surface area contributed by atoms with E-state index >= 15 is 0 Å². The molecule has 2 rings (SSSR count). The molecule has 6 heteroatoms. The molecule has 2 aromatic rings. The number of hydrogen-bond donors (Lipinski definition) is 1. The SMILES string of the molecule is O=C(Nc1ccc(F)c(Br)c1)c1ccc(F)cc1I. The summed E-state index contributed by atoms with van der Waals surface area (Å²) >= 11 is 4.92. The Hall–Kier alpha value is -1.02. The minimum absolute atomic E-state index is 0.263. The Bertz CT molecular complexity index is 649. The molecule has 0 aliphatic rings. The van der Waals surface area contributed by atoms with Gasteiger partial charge in [-0.05, 0) is 74.9 Å². The minimum atomic E-state index is -0.408. The number of amides is 1. The van der Waals surface area contributed by atoms with Crippen molar-refractivity contribution in [3.05, 3.63) is 61.6 Å². The van der Waals surface area contributed by atoms with Gasteiger partial charge in [0.15, 0.2) is 0 Å². The van der Waals surface area contributed by atoms with Crippen LogP contribution in [0.1, 0.15) is 10.4 Å². The highest BCUT2D eigenvalue weighted by Crippen LogP contribution is 2.21. The van der Waals surface area contributed by atoms with Crippen molar-refractivity contribution in [1.82, 2.24) is 0 Å². The first kappa shape index (κ1) is 14.4. The van der Waals surface area contributed by atoms with E-state index in [1.807, 2.05) is 22.6 Å². The normalized spacial score (nSPS) is 10.3. The van der Waals surface area contributed by atoms with Crippen molar-refractivity contribution in [3.63, 3.8) is 0 Å². The Labute approximate surface area is 130 Å². The van der Waals surface area contributed by atoms with Gasteiger partial charge in [-0.15, -0.1) is 0 Å². The number of benzene rings is 2. The van der Waals surface area contributed by atoms with Crippen LogP contribution in [0, 0.1) is 15.2 Å². The van der Waals surface area contributed by atoms with Gasteiger partial charge in [0.2, 0.25) is 0 Å². The summed E-state index contributed by atoms with van der Waals surface area (Å²) in [5, 5.41) is 2.62. The van der Waals surface area contributed by atoms with E-state index in [0.29, 0.717) is 14.8 Å². The largest absolute Gasteiger partial charge is 0.322 e. The van der Waals surface area contributed by atoms with Crippen molar-refractivity contribution in [3.8, 4) is 0 Å². The molecule has 0 bridgehead atoms. The van der Waals surface area contributed by atoms with E-state index in [-0.39, 0.29) is 10.4 Å². The van der Waals surface area contributed by atoms with Crippen LogP contribution in [-0.4, -0.2) is 5.91 Å². The van der Waals surface area contributed by atoms with E-state index in [0.717, 1.165) is 0 Å². The van der Waals surface area contributed by atoms with Crippen LogP contribution in [0.3, 0.4) is 0 Å². The van der Waals surface area contributed by atoms with Gasteiger partial charge in [-0.3, -0.25) is 4.79 Å². The van der Waals surface area contributed by atoms with E-state index in [2.05, 4.69) is 21.2 Å². The van der Waals surface area contributed by atoms with Gasteiger partial charge >= 0.3 is 0 Å². The van der Waals surface area contributed by atoms with Gasteiger partial charge in [0.1, 0.15) is 11.6 Å². The van der Waals surface area contributed by atoms with Gasteiger partial charge in [0, 0.05) is 9.26 Å². The van der Waals surface area contributed by atoms with Crippen molar-refractivity contribution in [2.75, 3.05) is 5.32 Å². The summed E-state index contributed by atoms with van der Waals surface area (Å²) in [4.78, 5) is 12.0. The summed E-state index contributed by atoms with van der Waals surface area (Å²) in [6.45, 7) is 0. The summed E-state index contributed by atoms with van der Waals surface area (Å²) in [7, 11) is 0. The number of carbonyl (C=O) groups is 1. The van der Waals surface area contributed by atoms with Crippen LogP contribution in [-0.2, 0) is 0 Å². The summed E-state index contributed by atoms with van der Waals surface area (Å²) in [5.41, 5.74) is 0.820. The Morgan fingerprint density at radius 3 is 2.53 bits per heavy atom. The van der Waals surface area contributed by atoms with Gasteiger partial charge in [-0.2, -0.15) is 0 Å². The highest BCUT2D eigenvalue weighted by atomic mass is 127. The van der Waals surface area contributed by atoms with Crippen LogP contribution in [0.2, 0.25) is 0 Å². The maximum atomic E-state index is 13.1. The van der Waals surface area contributed by atoms with Crippen molar-refractivity contribution in [1.29, 1.82) is 0 Å². The molecule has 0 atom stereocenters. The standard InChI is InChI=1S/C13H7BrF2INO/c14-10-6-8(2-4-11(10)16)18-13(19)9-3-1-7(15)5-12(9)17/h1-6H,(H,18,19).